The van der Waals surface area contributed by atoms with Crippen LogP contribution < -0.4 is 19.5 Å². The molecule has 0 spiro atoms. The molecule has 0 amide bonds. The molecule has 4 nitrogen and oxygen atoms in total. The maximum atomic E-state index is 6.20. The minimum Gasteiger partial charge on any atom is -0.489 e. The van der Waals surface area contributed by atoms with Crippen molar-refractivity contribution in [2.45, 2.75) is 26.6 Å². The van der Waals surface area contributed by atoms with Crippen LogP contribution in [0, 0.1) is 6.92 Å². The zero-order chi connectivity index (χ0) is 19.3. The third kappa shape index (κ3) is 4.58. The van der Waals surface area contributed by atoms with Gasteiger partial charge in [0.1, 0.15) is 12.4 Å². The van der Waals surface area contributed by atoms with Crippen molar-refractivity contribution in [1.82, 2.24) is 5.32 Å². The molecule has 0 aromatic heterocycles. The Balaban J connectivity index is 1.39. The molecule has 0 fully saturated rings. The summed E-state index contributed by atoms with van der Waals surface area (Å²) in [4.78, 5) is 0. The third-order valence-corrected chi connectivity index (χ3v) is 4.82. The smallest absolute Gasteiger partial charge is 0.231 e. The monoisotopic (exact) mass is 395 g/mol. The van der Waals surface area contributed by atoms with Crippen molar-refractivity contribution in [2.75, 3.05) is 6.79 Å². The molecule has 0 atom stereocenters. The number of hydrogen-bond acceptors (Lipinski definition) is 4. The van der Waals surface area contributed by atoms with Crippen LogP contribution in [0.2, 0.25) is 5.02 Å². The Hall–Kier alpha value is -2.69. The lowest BCUT2D eigenvalue weighted by Crippen LogP contribution is -2.13. The maximum absolute atomic E-state index is 6.20. The van der Waals surface area contributed by atoms with Gasteiger partial charge in [-0.05, 0) is 48.4 Å². The van der Waals surface area contributed by atoms with Gasteiger partial charge < -0.3 is 19.5 Å². The Kier molecular flexibility index (Phi) is 5.70. The van der Waals surface area contributed by atoms with Crippen molar-refractivity contribution in [2.24, 2.45) is 0 Å². The summed E-state index contributed by atoms with van der Waals surface area (Å²) < 4.78 is 16.8. The number of fused-ring (bicyclic) bond motifs is 1. The van der Waals surface area contributed by atoms with Gasteiger partial charge in [0.15, 0.2) is 11.5 Å². The highest BCUT2D eigenvalue weighted by Crippen LogP contribution is 2.32. The zero-order valence-corrected chi connectivity index (χ0v) is 16.5. The number of aryl methyl sites for hydroxylation is 1. The van der Waals surface area contributed by atoms with E-state index < -0.39 is 0 Å². The van der Waals surface area contributed by atoms with Gasteiger partial charge in [-0.1, -0.05) is 47.5 Å². The predicted octanol–water partition coefficient (Wildman–Crippen LogP) is 5.25. The number of benzene rings is 3. The molecule has 1 heterocycles. The first-order chi connectivity index (χ1) is 13.7. The highest BCUT2D eigenvalue weighted by Gasteiger charge is 2.13. The van der Waals surface area contributed by atoms with Crippen molar-refractivity contribution in [3.63, 3.8) is 0 Å². The summed E-state index contributed by atoms with van der Waals surface area (Å²) in [6, 6.07) is 20.0. The van der Waals surface area contributed by atoms with Gasteiger partial charge in [0.2, 0.25) is 6.79 Å². The topological polar surface area (TPSA) is 39.7 Å². The molecule has 4 rings (SSSR count). The molecule has 0 radical (unpaired) electrons. The van der Waals surface area contributed by atoms with Crippen LogP contribution in [0.25, 0.3) is 0 Å². The van der Waals surface area contributed by atoms with E-state index in [1.54, 1.807) is 0 Å². The largest absolute Gasteiger partial charge is 0.489 e. The molecule has 3 aromatic carbocycles. The Morgan fingerprint density at radius 2 is 1.82 bits per heavy atom. The molecule has 144 valence electrons. The van der Waals surface area contributed by atoms with Crippen molar-refractivity contribution >= 4 is 11.6 Å². The van der Waals surface area contributed by atoms with Crippen LogP contribution in [0.5, 0.6) is 17.2 Å². The Bertz CT molecular complexity index is 974. The van der Waals surface area contributed by atoms with Crippen LogP contribution in [-0.4, -0.2) is 6.79 Å². The van der Waals surface area contributed by atoms with Crippen LogP contribution >= 0.6 is 11.6 Å². The van der Waals surface area contributed by atoms with Crippen LogP contribution in [-0.2, 0) is 19.7 Å². The lowest BCUT2D eigenvalue weighted by Gasteiger charge is -2.13. The zero-order valence-electron chi connectivity index (χ0n) is 15.7. The van der Waals surface area contributed by atoms with Crippen molar-refractivity contribution < 1.29 is 14.2 Å². The molecule has 3 aromatic rings. The maximum Gasteiger partial charge on any atom is 0.231 e. The average Bonchev–Trinajstić information content (AvgIpc) is 3.15. The molecule has 1 N–H and O–H groups in total. The lowest BCUT2D eigenvalue weighted by atomic mass is 10.1. The Morgan fingerprint density at radius 3 is 2.71 bits per heavy atom. The fraction of sp³-hybridized carbons (Fsp3) is 0.217. The van der Waals surface area contributed by atoms with E-state index in [0.29, 0.717) is 24.7 Å². The summed E-state index contributed by atoms with van der Waals surface area (Å²) >= 11 is 6.20. The van der Waals surface area contributed by atoms with Crippen molar-refractivity contribution in [3.05, 3.63) is 87.9 Å². The van der Waals surface area contributed by atoms with Gasteiger partial charge in [0.05, 0.1) is 0 Å². The predicted molar refractivity (Wildman–Crippen MR) is 110 cm³/mol. The van der Waals surface area contributed by atoms with Crippen molar-refractivity contribution in [3.8, 4) is 17.2 Å². The molecule has 0 aliphatic carbocycles. The fourth-order valence-electron chi connectivity index (χ4n) is 3.18. The second-order valence-electron chi connectivity index (χ2n) is 6.82. The first-order valence-corrected chi connectivity index (χ1v) is 9.61. The summed E-state index contributed by atoms with van der Waals surface area (Å²) in [7, 11) is 0. The van der Waals surface area contributed by atoms with Gasteiger partial charge in [0.25, 0.3) is 0 Å². The minimum absolute atomic E-state index is 0.288. The van der Waals surface area contributed by atoms with Gasteiger partial charge in [-0.25, -0.2) is 0 Å². The number of halogens is 1. The summed E-state index contributed by atoms with van der Waals surface area (Å²) in [5.41, 5.74) is 4.53. The van der Waals surface area contributed by atoms with E-state index in [1.165, 1.54) is 5.56 Å². The van der Waals surface area contributed by atoms with Crippen LogP contribution in [0.4, 0.5) is 0 Å². The quantitative estimate of drug-likeness (QED) is 0.593. The molecule has 1 aliphatic rings. The summed E-state index contributed by atoms with van der Waals surface area (Å²) in [5, 5.41) is 4.15. The first kappa shape index (κ1) is 18.7. The lowest BCUT2D eigenvalue weighted by molar-refractivity contribution is 0.174. The van der Waals surface area contributed by atoms with E-state index >= 15 is 0 Å². The van der Waals surface area contributed by atoms with E-state index in [1.807, 2.05) is 42.5 Å². The molecule has 1 aliphatic heterocycles. The molecule has 5 heteroatoms. The molecule has 0 saturated heterocycles. The average molecular weight is 396 g/mol. The van der Waals surface area contributed by atoms with E-state index in [0.717, 1.165) is 33.9 Å². The molecule has 0 bridgehead atoms. The molecule has 0 unspecified atom stereocenters. The van der Waals surface area contributed by atoms with E-state index in [2.05, 4.69) is 30.4 Å². The van der Waals surface area contributed by atoms with E-state index in [4.69, 9.17) is 25.8 Å². The van der Waals surface area contributed by atoms with Crippen LogP contribution in [0.3, 0.4) is 0 Å². The van der Waals surface area contributed by atoms with Crippen LogP contribution in [0.1, 0.15) is 22.3 Å². The summed E-state index contributed by atoms with van der Waals surface area (Å²) in [6.45, 7) is 4.25. The highest BCUT2D eigenvalue weighted by atomic mass is 35.5. The summed E-state index contributed by atoms with van der Waals surface area (Å²) in [6.07, 6.45) is 0. The minimum atomic E-state index is 0.288. The number of rotatable bonds is 7. The second kappa shape index (κ2) is 8.55. The SMILES string of the molecule is Cc1cccc(COc2ccc(Cl)cc2CNCc2ccc3c(c2)OCO3)c1. The van der Waals surface area contributed by atoms with Gasteiger partial charge in [-0.15, -0.1) is 0 Å². The molecular formula is C23H22ClNO3. The van der Waals surface area contributed by atoms with Gasteiger partial charge >= 0.3 is 0 Å². The Labute approximate surface area is 170 Å². The normalized spacial score (nSPS) is 12.2. The fourth-order valence-corrected chi connectivity index (χ4v) is 3.38. The van der Waals surface area contributed by atoms with Gasteiger partial charge in [-0.2, -0.15) is 0 Å². The number of nitrogens with one attached hydrogen (secondary N) is 1. The van der Waals surface area contributed by atoms with E-state index in [-0.39, 0.29) is 6.79 Å². The molecular weight excluding hydrogens is 374 g/mol. The number of ether oxygens (including phenoxy) is 3. The van der Waals surface area contributed by atoms with E-state index in [9.17, 15) is 0 Å². The van der Waals surface area contributed by atoms with Gasteiger partial charge in [0, 0.05) is 23.7 Å². The highest BCUT2D eigenvalue weighted by molar-refractivity contribution is 6.30. The number of hydrogen-bond donors (Lipinski definition) is 1. The van der Waals surface area contributed by atoms with Crippen LogP contribution in [0.15, 0.2) is 60.7 Å². The standard InChI is InChI=1S/C23H22ClNO3/c1-16-3-2-4-18(9-16)14-26-21-8-6-20(24)11-19(21)13-25-12-17-5-7-22-23(10-17)28-15-27-22/h2-11,25H,12-15H2,1H3. The molecule has 28 heavy (non-hydrogen) atoms. The van der Waals surface area contributed by atoms with Crippen molar-refractivity contribution in [1.29, 1.82) is 0 Å². The Morgan fingerprint density at radius 1 is 0.929 bits per heavy atom. The van der Waals surface area contributed by atoms with Gasteiger partial charge in [-0.3, -0.25) is 0 Å². The first-order valence-electron chi connectivity index (χ1n) is 9.23. The third-order valence-electron chi connectivity index (χ3n) is 4.58. The summed E-state index contributed by atoms with van der Waals surface area (Å²) in [5.74, 6) is 2.43. The second-order valence-corrected chi connectivity index (χ2v) is 7.26. The molecule has 0 saturated carbocycles.